The molecule has 0 spiro atoms. The fourth-order valence-electron chi connectivity index (χ4n) is 2.81. The molecule has 3 rings (SSSR count). The normalized spacial score (nSPS) is 29.3. The van der Waals surface area contributed by atoms with E-state index in [-0.39, 0.29) is 5.82 Å². The molecule has 3 heterocycles. The Labute approximate surface area is 121 Å². The molecular formula is C13H19N5O3. The summed E-state index contributed by atoms with van der Waals surface area (Å²) in [4.78, 5) is 12.4. The lowest BCUT2D eigenvalue weighted by atomic mass is 10.1. The van der Waals surface area contributed by atoms with Crippen molar-refractivity contribution in [3.8, 4) is 0 Å². The van der Waals surface area contributed by atoms with E-state index in [1.54, 1.807) is 11.5 Å². The minimum atomic E-state index is -1.03. The molecule has 2 aromatic rings. The average Bonchev–Trinajstić information content (AvgIpc) is 2.92. The number of aromatic nitrogens is 4. The van der Waals surface area contributed by atoms with E-state index in [1.807, 2.05) is 6.92 Å². The second-order valence-electron chi connectivity index (χ2n) is 5.30. The molecule has 0 radical (unpaired) electrons. The highest BCUT2D eigenvalue weighted by atomic mass is 16.6. The number of nitrogens with two attached hydrogens (primary N) is 1. The molecule has 0 bridgehead atoms. The molecule has 4 N–H and O–H groups in total. The Morgan fingerprint density at radius 3 is 2.81 bits per heavy atom. The summed E-state index contributed by atoms with van der Waals surface area (Å²) in [6.07, 6.45) is -0.199. The first-order chi connectivity index (χ1) is 10.0. The first-order valence-corrected chi connectivity index (χ1v) is 7.01. The zero-order valence-corrected chi connectivity index (χ0v) is 12.0. The van der Waals surface area contributed by atoms with Crippen LogP contribution in [-0.2, 0) is 4.74 Å². The van der Waals surface area contributed by atoms with Crippen molar-refractivity contribution in [2.24, 2.45) is 0 Å². The number of rotatable bonds is 3. The van der Waals surface area contributed by atoms with Gasteiger partial charge >= 0.3 is 0 Å². The quantitative estimate of drug-likeness (QED) is 0.736. The van der Waals surface area contributed by atoms with Gasteiger partial charge in [0.2, 0.25) is 0 Å². The van der Waals surface area contributed by atoms with E-state index in [0.717, 1.165) is 6.42 Å². The van der Waals surface area contributed by atoms with Crippen LogP contribution >= 0.6 is 0 Å². The van der Waals surface area contributed by atoms with Crippen molar-refractivity contribution in [1.29, 1.82) is 0 Å². The third kappa shape index (κ3) is 2.15. The third-order valence-corrected chi connectivity index (χ3v) is 3.85. The lowest BCUT2D eigenvalue weighted by molar-refractivity contribution is -0.0380. The molecule has 1 aliphatic heterocycles. The van der Waals surface area contributed by atoms with Crippen LogP contribution in [-0.4, -0.2) is 48.0 Å². The van der Waals surface area contributed by atoms with Crippen molar-refractivity contribution in [1.82, 2.24) is 19.5 Å². The summed E-state index contributed by atoms with van der Waals surface area (Å²) < 4.78 is 7.48. The van der Waals surface area contributed by atoms with Crippen LogP contribution in [0.25, 0.3) is 11.2 Å². The highest BCUT2D eigenvalue weighted by molar-refractivity contribution is 5.81. The maximum Gasteiger partial charge on any atom is 0.167 e. The zero-order chi connectivity index (χ0) is 15.1. The van der Waals surface area contributed by atoms with Gasteiger partial charge in [0.05, 0.1) is 6.10 Å². The van der Waals surface area contributed by atoms with Crippen LogP contribution in [0.3, 0.4) is 0 Å². The molecule has 4 atom stereocenters. The molecule has 114 valence electrons. The van der Waals surface area contributed by atoms with E-state index in [4.69, 9.17) is 10.5 Å². The number of nitrogens with zero attached hydrogens (tertiary/aromatic N) is 4. The van der Waals surface area contributed by atoms with E-state index in [2.05, 4.69) is 15.0 Å². The first kappa shape index (κ1) is 14.2. The van der Waals surface area contributed by atoms with Gasteiger partial charge in [-0.25, -0.2) is 15.0 Å². The highest BCUT2D eigenvalue weighted by Crippen LogP contribution is 2.34. The van der Waals surface area contributed by atoms with Crippen molar-refractivity contribution in [3.05, 3.63) is 12.2 Å². The fourth-order valence-corrected chi connectivity index (χ4v) is 2.81. The summed E-state index contributed by atoms with van der Waals surface area (Å²) in [6.45, 7) is 3.78. The molecule has 1 aliphatic rings. The smallest absolute Gasteiger partial charge is 0.167 e. The van der Waals surface area contributed by atoms with Crippen molar-refractivity contribution in [2.75, 3.05) is 5.73 Å². The summed E-state index contributed by atoms with van der Waals surface area (Å²) in [5.41, 5.74) is 6.76. The molecule has 1 fully saturated rings. The number of nitrogen functional groups attached to an aromatic ring is 1. The van der Waals surface area contributed by atoms with Crippen LogP contribution in [0.2, 0.25) is 0 Å². The number of hydrogen-bond donors (Lipinski definition) is 3. The summed E-state index contributed by atoms with van der Waals surface area (Å²) >= 11 is 0. The minimum Gasteiger partial charge on any atom is -0.388 e. The highest BCUT2D eigenvalue weighted by Gasteiger charge is 2.44. The molecule has 2 aromatic heterocycles. The van der Waals surface area contributed by atoms with E-state index < -0.39 is 24.5 Å². The van der Waals surface area contributed by atoms with Crippen LogP contribution in [0.15, 0.2) is 6.33 Å². The standard InChI is InChI=1S/C13H19N5O3/c1-3-4-7-9(19)10(20)13(21-7)18-6(2)17-8-11(14)15-5-16-12(8)18/h5,7,9-10,13,19-20H,3-4H2,1-2H3,(H2,14,15,16)/t7-,9-,10-,13-/m1/s1. The summed E-state index contributed by atoms with van der Waals surface area (Å²) in [5, 5.41) is 20.4. The number of hydrogen-bond acceptors (Lipinski definition) is 7. The van der Waals surface area contributed by atoms with Crippen LogP contribution < -0.4 is 5.73 Å². The first-order valence-electron chi connectivity index (χ1n) is 7.01. The number of fused-ring (bicyclic) bond motifs is 1. The zero-order valence-electron chi connectivity index (χ0n) is 12.0. The van der Waals surface area contributed by atoms with Crippen molar-refractivity contribution >= 4 is 17.0 Å². The number of ether oxygens (including phenoxy) is 1. The number of imidazole rings is 1. The van der Waals surface area contributed by atoms with Crippen LogP contribution in [0.5, 0.6) is 0 Å². The molecule has 8 nitrogen and oxygen atoms in total. The second-order valence-corrected chi connectivity index (χ2v) is 5.30. The molecule has 0 aliphatic carbocycles. The Morgan fingerprint density at radius 2 is 2.10 bits per heavy atom. The molecule has 0 aromatic carbocycles. The number of aryl methyl sites for hydroxylation is 1. The molecule has 1 saturated heterocycles. The van der Waals surface area contributed by atoms with Crippen LogP contribution in [0.1, 0.15) is 31.8 Å². The molecule has 0 unspecified atom stereocenters. The summed E-state index contributed by atoms with van der Waals surface area (Å²) in [6, 6.07) is 0. The minimum absolute atomic E-state index is 0.278. The Morgan fingerprint density at radius 1 is 1.33 bits per heavy atom. The maximum absolute atomic E-state index is 10.3. The third-order valence-electron chi connectivity index (χ3n) is 3.85. The van der Waals surface area contributed by atoms with Gasteiger partial charge in [-0.3, -0.25) is 4.57 Å². The monoisotopic (exact) mass is 293 g/mol. The summed E-state index contributed by atoms with van der Waals surface area (Å²) in [7, 11) is 0. The van der Waals surface area contributed by atoms with Gasteiger partial charge in [0.1, 0.15) is 24.4 Å². The van der Waals surface area contributed by atoms with Crippen molar-refractivity contribution in [3.63, 3.8) is 0 Å². The second kappa shape index (κ2) is 5.21. The SMILES string of the molecule is CCC[C@H]1O[C@@H](n2c(C)nc3c(N)ncnc32)[C@H](O)[C@@H]1O. The van der Waals surface area contributed by atoms with Gasteiger partial charge < -0.3 is 20.7 Å². The van der Waals surface area contributed by atoms with Crippen molar-refractivity contribution in [2.45, 2.75) is 51.2 Å². The Kier molecular flexibility index (Phi) is 3.52. The van der Waals surface area contributed by atoms with Crippen LogP contribution in [0.4, 0.5) is 5.82 Å². The Bertz CT molecular complexity index is 659. The Hall–Kier alpha value is -1.77. The molecular weight excluding hydrogens is 274 g/mol. The summed E-state index contributed by atoms with van der Waals surface area (Å²) in [5.74, 6) is 0.880. The number of anilines is 1. The van der Waals surface area contributed by atoms with Gasteiger partial charge in [-0.1, -0.05) is 13.3 Å². The topological polar surface area (TPSA) is 119 Å². The van der Waals surface area contributed by atoms with E-state index in [9.17, 15) is 10.2 Å². The molecule has 0 amide bonds. The van der Waals surface area contributed by atoms with E-state index in [1.165, 1.54) is 6.33 Å². The predicted molar refractivity (Wildman–Crippen MR) is 75.3 cm³/mol. The van der Waals surface area contributed by atoms with Gasteiger partial charge in [-0.2, -0.15) is 0 Å². The van der Waals surface area contributed by atoms with E-state index in [0.29, 0.717) is 23.4 Å². The Balaban J connectivity index is 2.05. The maximum atomic E-state index is 10.3. The molecule has 21 heavy (non-hydrogen) atoms. The van der Waals surface area contributed by atoms with Crippen molar-refractivity contribution < 1.29 is 14.9 Å². The van der Waals surface area contributed by atoms with Gasteiger partial charge in [-0.05, 0) is 13.3 Å². The van der Waals surface area contributed by atoms with Gasteiger partial charge in [0, 0.05) is 0 Å². The number of aliphatic hydroxyl groups is 2. The average molecular weight is 293 g/mol. The molecule has 8 heteroatoms. The fraction of sp³-hybridized carbons (Fsp3) is 0.615. The van der Waals surface area contributed by atoms with Gasteiger partial charge in [0.15, 0.2) is 23.2 Å². The lowest BCUT2D eigenvalue weighted by Crippen LogP contribution is -2.31. The largest absolute Gasteiger partial charge is 0.388 e. The number of aliphatic hydroxyl groups excluding tert-OH is 2. The molecule has 0 saturated carbocycles. The lowest BCUT2D eigenvalue weighted by Gasteiger charge is -2.18. The van der Waals surface area contributed by atoms with Gasteiger partial charge in [-0.15, -0.1) is 0 Å². The van der Waals surface area contributed by atoms with Gasteiger partial charge in [0.25, 0.3) is 0 Å². The van der Waals surface area contributed by atoms with Crippen LogP contribution in [0, 0.1) is 6.92 Å². The van der Waals surface area contributed by atoms with E-state index >= 15 is 0 Å². The predicted octanol–water partition coefficient (Wildman–Crippen LogP) is 0.136.